The molecule has 6 nitrogen and oxygen atoms in total. The van der Waals surface area contributed by atoms with Gasteiger partial charge in [-0.15, -0.1) is 0 Å². The van der Waals surface area contributed by atoms with Crippen LogP contribution in [0.15, 0.2) is 72.3 Å². The number of amides is 1. The smallest absolute Gasteiger partial charge is 0.295 e. The van der Waals surface area contributed by atoms with Gasteiger partial charge in [0.2, 0.25) is 0 Å². The van der Waals surface area contributed by atoms with Crippen LogP contribution in [-0.4, -0.2) is 35.4 Å². The Labute approximate surface area is 217 Å². The van der Waals surface area contributed by atoms with Crippen LogP contribution in [0, 0.1) is 0 Å². The average Bonchev–Trinajstić information content (AvgIpc) is 3.18. The van der Waals surface area contributed by atoms with Gasteiger partial charge in [0.1, 0.15) is 17.3 Å². The second-order valence-electron chi connectivity index (χ2n) is 9.47. The van der Waals surface area contributed by atoms with Crippen molar-refractivity contribution in [3.05, 3.63) is 100 Å². The van der Waals surface area contributed by atoms with Crippen molar-refractivity contribution in [3.8, 4) is 11.5 Å². The third kappa shape index (κ3) is 4.84. The summed E-state index contributed by atoms with van der Waals surface area (Å²) < 4.78 is 10.8. The Morgan fingerprint density at radius 3 is 2.27 bits per heavy atom. The molecule has 0 radical (unpaired) electrons. The van der Waals surface area contributed by atoms with E-state index in [4.69, 9.17) is 9.47 Å². The molecule has 6 heteroatoms. The fourth-order valence-electron chi connectivity index (χ4n) is 5.27. The lowest BCUT2D eigenvalue weighted by molar-refractivity contribution is -0.140. The molecule has 1 heterocycles. The summed E-state index contributed by atoms with van der Waals surface area (Å²) in [6, 6.07) is 19.9. The zero-order chi connectivity index (χ0) is 25.9. The molecule has 0 saturated carbocycles. The van der Waals surface area contributed by atoms with Gasteiger partial charge in [0.15, 0.2) is 0 Å². The summed E-state index contributed by atoms with van der Waals surface area (Å²) >= 11 is 0. The van der Waals surface area contributed by atoms with E-state index in [-0.39, 0.29) is 17.9 Å². The molecule has 1 amide bonds. The number of aliphatic hydroxyl groups excluding tert-OH is 1. The number of aliphatic hydroxyl groups is 1. The molecule has 2 aliphatic rings. The summed E-state index contributed by atoms with van der Waals surface area (Å²) in [6.45, 7) is 2.70. The number of hydrogen-bond acceptors (Lipinski definition) is 5. The molecule has 1 N–H and O–H groups in total. The number of ether oxygens (including phenoxy) is 2. The quantitative estimate of drug-likeness (QED) is 0.261. The lowest BCUT2D eigenvalue weighted by Crippen LogP contribution is -2.29. The van der Waals surface area contributed by atoms with Gasteiger partial charge in [0.25, 0.3) is 11.7 Å². The number of fused-ring (bicyclic) bond motifs is 1. The first kappa shape index (κ1) is 24.6. The summed E-state index contributed by atoms with van der Waals surface area (Å²) in [5.74, 6) is -0.0350. The lowest BCUT2D eigenvalue weighted by Gasteiger charge is -2.26. The van der Waals surface area contributed by atoms with Gasteiger partial charge in [0.05, 0.1) is 25.3 Å². The van der Waals surface area contributed by atoms with Crippen molar-refractivity contribution >= 4 is 17.4 Å². The summed E-state index contributed by atoms with van der Waals surface area (Å²) in [5.41, 5.74) is 4.74. The van der Waals surface area contributed by atoms with Gasteiger partial charge < -0.3 is 19.5 Å². The molecule has 1 aliphatic heterocycles. The summed E-state index contributed by atoms with van der Waals surface area (Å²) in [7, 11) is 1.59. The molecule has 1 atom stereocenters. The molecule has 1 unspecified atom stereocenters. The molecule has 190 valence electrons. The fraction of sp³-hybridized carbons (Fsp3) is 0.290. The van der Waals surface area contributed by atoms with Crippen LogP contribution in [-0.2, 0) is 29.0 Å². The van der Waals surface area contributed by atoms with Crippen LogP contribution in [0.1, 0.15) is 53.6 Å². The number of carbonyl (C=O) groups is 2. The molecule has 1 saturated heterocycles. The summed E-state index contributed by atoms with van der Waals surface area (Å²) in [6.07, 6.45) is 4.24. The van der Waals surface area contributed by atoms with Gasteiger partial charge in [-0.2, -0.15) is 0 Å². The van der Waals surface area contributed by atoms with Gasteiger partial charge in [0, 0.05) is 12.1 Å². The van der Waals surface area contributed by atoms with Crippen molar-refractivity contribution in [1.82, 2.24) is 4.90 Å². The third-order valence-corrected chi connectivity index (χ3v) is 7.18. The van der Waals surface area contributed by atoms with Gasteiger partial charge >= 0.3 is 0 Å². The maximum atomic E-state index is 13.4. The molecule has 0 aromatic heterocycles. The third-order valence-electron chi connectivity index (χ3n) is 7.18. The van der Waals surface area contributed by atoms with Crippen LogP contribution in [0.5, 0.6) is 11.5 Å². The first-order valence-electron chi connectivity index (χ1n) is 12.8. The number of methoxy groups -OCH3 is 1. The molecule has 1 aliphatic carbocycles. The second kappa shape index (κ2) is 10.5. The van der Waals surface area contributed by atoms with Gasteiger partial charge in [-0.3, -0.25) is 9.59 Å². The highest BCUT2D eigenvalue weighted by molar-refractivity contribution is 6.46. The Morgan fingerprint density at radius 2 is 1.59 bits per heavy atom. The fourth-order valence-corrected chi connectivity index (χ4v) is 5.27. The molecule has 3 aromatic rings. The first-order valence-corrected chi connectivity index (χ1v) is 12.8. The Balaban J connectivity index is 1.57. The van der Waals surface area contributed by atoms with Gasteiger partial charge in [-0.05, 0) is 85.2 Å². The van der Waals surface area contributed by atoms with E-state index in [1.54, 1.807) is 19.2 Å². The monoisotopic (exact) mass is 497 g/mol. The van der Waals surface area contributed by atoms with Crippen molar-refractivity contribution in [2.24, 2.45) is 0 Å². The van der Waals surface area contributed by atoms with Gasteiger partial charge in [-0.1, -0.05) is 36.4 Å². The van der Waals surface area contributed by atoms with E-state index in [9.17, 15) is 14.7 Å². The lowest BCUT2D eigenvalue weighted by atomic mass is 9.88. The average molecular weight is 498 g/mol. The van der Waals surface area contributed by atoms with Crippen LogP contribution in [0.3, 0.4) is 0 Å². The number of hydrogen-bond donors (Lipinski definition) is 1. The van der Waals surface area contributed by atoms with Gasteiger partial charge in [-0.25, -0.2) is 0 Å². The molecule has 0 spiro atoms. The first-order chi connectivity index (χ1) is 18.0. The van der Waals surface area contributed by atoms with Crippen molar-refractivity contribution in [1.29, 1.82) is 0 Å². The molecule has 37 heavy (non-hydrogen) atoms. The second-order valence-corrected chi connectivity index (χ2v) is 9.47. The van der Waals surface area contributed by atoms with E-state index < -0.39 is 17.7 Å². The van der Waals surface area contributed by atoms with Crippen molar-refractivity contribution in [2.45, 2.75) is 45.2 Å². The predicted octanol–water partition coefficient (Wildman–Crippen LogP) is 5.59. The number of carbonyl (C=O) groups excluding carboxylic acids is 2. The van der Waals surface area contributed by atoms with Crippen LogP contribution in [0.2, 0.25) is 0 Å². The molecular formula is C31H31NO5. The van der Waals surface area contributed by atoms with E-state index in [1.807, 2.05) is 61.5 Å². The van der Waals surface area contributed by atoms with E-state index in [0.717, 1.165) is 42.6 Å². The van der Waals surface area contributed by atoms with Crippen LogP contribution in [0.25, 0.3) is 5.76 Å². The minimum absolute atomic E-state index is 0.108. The van der Waals surface area contributed by atoms with E-state index >= 15 is 0 Å². The number of rotatable bonds is 7. The number of Topliss-reactive ketones (excluding diaryl/α,β-unsaturated/α-hetero) is 1. The zero-order valence-corrected chi connectivity index (χ0v) is 21.2. The standard InChI is InChI=1S/C31H31NO5/c1-3-37-26-14-8-20(9-15-26)19-32-28(22-12-16-25(36-2)17-13-22)27(30(34)31(32)35)29(33)24-11-10-21-6-4-5-7-23(21)18-24/h8-18,28,33H,3-7,19H2,1-2H3/b29-27-. The molecule has 1 fully saturated rings. The SMILES string of the molecule is CCOc1ccc(CN2C(=O)C(=O)/C(=C(\O)c3ccc4c(c3)CCCC4)C2c2ccc(OC)cc2)cc1. The molecule has 5 rings (SSSR count). The van der Waals surface area contributed by atoms with E-state index in [0.29, 0.717) is 17.9 Å². The minimum atomic E-state index is -0.728. The number of aryl methyl sites for hydroxylation is 2. The maximum Gasteiger partial charge on any atom is 0.295 e. The van der Waals surface area contributed by atoms with Crippen LogP contribution < -0.4 is 9.47 Å². The summed E-state index contributed by atoms with van der Waals surface area (Å²) in [4.78, 5) is 28.3. The molecule has 3 aromatic carbocycles. The molecular weight excluding hydrogens is 466 g/mol. The highest BCUT2D eigenvalue weighted by Gasteiger charge is 2.46. The number of nitrogens with zero attached hydrogens (tertiary/aromatic N) is 1. The highest BCUT2D eigenvalue weighted by atomic mass is 16.5. The highest BCUT2D eigenvalue weighted by Crippen LogP contribution is 2.41. The number of ketones is 1. The zero-order valence-electron chi connectivity index (χ0n) is 21.2. The Morgan fingerprint density at radius 1 is 0.919 bits per heavy atom. The van der Waals surface area contributed by atoms with E-state index in [2.05, 4.69) is 0 Å². The van der Waals surface area contributed by atoms with Crippen molar-refractivity contribution in [2.75, 3.05) is 13.7 Å². The molecule has 0 bridgehead atoms. The Kier molecular flexibility index (Phi) is 6.99. The topological polar surface area (TPSA) is 76.1 Å². The minimum Gasteiger partial charge on any atom is -0.507 e. The normalized spacial score (nSPS) is 18.5. The van der Waals surface area contributed by atoms with E-state index in [1.165, 1.54) is 16.0 Å². The number of likely N-dealkylation sites (tertiary alicyclic amines) is 1. The van der Waals surface area contributed by atoms with Crippen LogP contribution >= 0.6 is 0 Å². The maximum absolute atomic E-state index is 13.4. The van der Waals surface area contributed by atoms with Crippen molar-refractivity contribution < 1.29 is 24.2 Å². The Hall–Kier alpha value is -4.06. The largest absolute Gasteiger partial charge is 0.507 e. The van der Waals surface area contributed by atoms with Crippen LogP contribution in [0.4, 0.5) is 0 Å². The van der Waals surface area contributed by atoms with Crippen molar-refractivity contribution in [3.63, 3.8) is 0 Å². The number of benzene rings is 3. The predicted molar refractivity (Wildman–Crippen MR) is 142 cm³/mol. The summed E-state index contributed by atoms with van der Waals surface area (Å²) in [5, 5.41) is 11.5. The Bertz CT molecular complexity index is 1340.